The predicted molar refractivity (Wildman–Crippen MR) is 81.2 cm³/mol. The second kappa shape index (κ2) is 7.59. The lowest BCUT2D eigenvalue weighted by atomic mass is 10.2. The first-order chi connectivity index (χ1) is 10.2. The lowest BCUT2D eigenvalue weighted by Gasteiger charge is -2.06. The van der Waals surface area contributed by atoms with E-state index in [1.807, 2.05) is 31.2 Å². The fourth-order valence-corrected chi connectivity index (χ4v) is 1.68. The zero-order valence-corrected chi connectivity index (χ0v) is 12.4. The third-order valence-electron chi connectivity index (χ3n) is 2.74. The van der Waals surface area contributed by atoms with E-state index in [-0.39, 0.29) is 11.9 Å². The fraction of sp³-hybridized carbons (Fsp3) is 0.267. The van der Waals surface area contributed by atoms with Gasteiger partial charge in [0, 0.05) is 17.9 Å². The van der Waals surface area contributed by atoms with Gasteiger partial charge in [-0.15, -0.1) is 11.6 Å². The number of carbonyl (C=O) groups excluding carboxylic acids is 1. The first-order valence-corrected chi connectivity index (χ1v) is 7.08. The molecule has 1 unspecified atom stereocenters. The van der Waals surface area contributed by atoms with Gasteiger partial charge in [0.1, 0.15) is 12.7 Å². The fourth-order valence-electron chi connectivity index (χ4n) is 1.59. The quantitative estimate of drug-likeness (QED) is 0.468. The highest BCUT2D eigenvalue weighted by molar-refractivity contribution is 6.18. The molecule has 2 rings (SSSR count). The molecule has 0 spiro atoms. The molecule has 110 valence electrons. The third-order valence-corrected chi connectivity index (χ3v) is 3.27. The van der Waals surface area contributed by atoms with Gasteiger partial charge in [0.25, 0.3) is 0 Å². The van der Waals surface area contributed by atoms with E-state index < -0.39 is 0 Å². The molecule has 0 saturated heterocycles. The van der Waals surface area contributed by atoms with Crippen LogP contribution in [0.1, 0.15) is 12.5 Å². The van der Waals surface area contributed by atoms with Crippen LogP contribution in [0, 0.1) is 5.92 Å². The van der Waals surface area contributed by atoms with Crippen molar-refractivity contribution in [3.63, 3.8) is 0 Å². The average molecular weight is 306 g/mol. The van der Waals surface area contributed by atoms with Gasteiger partial charge in [-0.05, 0) is 23.8 Å². The van der Waals surface area contributed by atoms with Crippen LogP contribution in [0.4, 0.5) is 0 Å². The van der Waals surface area contributed by atoms with E-state index >= 15 is 0 Å². The Labute approximate surface area is 128 Å². The maximum absolute atomic E-state index is 11.6. The Bertz CT molecular complexity index is 611. The minimum Gasteiger partial charge on any atom is -0.462 e. The maximum atomic E-state index is 11.6. The highest BCUT2D eigenvalue weighted by Gasteiger charge is 2.03. The number of hydrogen-bond donors (Lipinski definition) is 0. The van der Waals surface area contributed by atoms with Crippen LogP contribution < -0.4 is 0 Å². The SMILES string of the molecule is CC(CCl)COC(=O)/C=C/c1cccc(-n2cncn2)c1. The van der Waals surface area contributed by atoms with Gasteiger partial charge in [-0.3, -0.25) is 0 Å². The minimum atomic E-state index is -0.377. The molecule has 21 heavy (non-hydrogen) atoms. The highest BCUT2D eigenvalue weighted by Crippen LogP contribution is 2.10. The number of aromatic nitrogens is 3. The molecule has 1 aromatic heterocycles. The lowest BCUT2D eigenvalue weighted by molar-refractivity contribution is -0.138. The minimum absolute atomic E-state index is 0.152. The lowest BCUT2D eigenvalue weighted by Crippen LogP contribution is -2.10. The van der Waals surface area contributed by atoms with E-state index in [0.29, 0.717) is 12.5 Å². The monoisotopic (exact) mass is 305 g/mol. The van der Waals surface area contributed by atoms with Crippen LogP contribution >= 0.6 is 11.6 Å². The number of ether oxygens (including phenoxy) is 1. The van der Waals surface area contributed by atoms with Gasteiger partial charge in [0.2, 0.25) is 0 Å². The van der Waals surface area contributed by atoms with Crippen molar-refractivity contribution >= 4 is 23.6 Å². The van der Waals surface area contributed by atoms with E-state index in [1.165, 1.54) is 12.4 Å². The van der Waals surface area contributed by atoms with E-state index in [4.69, 9.17) is 16.3 Å². The molecule has 2 aromatic rings. The van der Waals surface area contributed by atoms with E-state index in [9.17, 15) is 4.79 Å². The molecular weight excluding hydrogens is 290 g/mol. The first kappa shape index (κ1) is 15.3. The molecule has 0 aliphatic rings. The second-order valence-electron chi connectivity index (χ2n) is 4.66. The molecule has 0 amide bonds. The van der Waals surface area contributed by atoms with Gasteiger partial charge in [-0.1, -0.05) is 19.1 Å². The molecule has 6 heteroatoms. The van der Waals surface area contributed by atoms with Gasteiger partial charge < -0.3 is 4.74 Å². The van der Waals surface area contributed by atoms with E-state index in [1.54, 1.807) is 17.1 Å². The van der Waals surface area contributed by atoms with Crippen molar-refractivity contribution in [3.05, 3.63) is 48.6 Å². The Morgan fingerprint density at radius 3 is 3.10 bits per heavy atom. The number of hydrogen-bond acceptors (Lipinski definition) is 4. The summed E-state index contributed by atoms with van der Waals surface area (Å²) in [4.78, 5) is 15.5. The van der Waals surface area contributed by atoms with Crippen molar-refractivity contribution in [1.82, 2.24) is 14.8 Å². The molecule has 1 aromatic carbocycles. The van der Waals surface area contributed by atoms with Gasteiger partial charge in [-0.2, -0.15) is 5.10 Å². The van der Waals surface area contributed by atoms with Crippen molar-refractivity contribution in [1.29, 1.82) is 0 Å². The molecule has 1 atom stereocenters. The number of alkyl halides is 1. The zero-order valence-electron chi connectivity index (χ0n) is 11.6. The number of rotatable bonds is 6. The van der Waals surface area contributed by atoms with Gasteiger partial charge >= 0.3 is 5.97 Å². The van der Waals surface area contributed by atoms with Gasteiger partial charge in [-0.25, -0.2) is 14.5 Å². The molecular formula is C15H16ClN3O2. The average Bonchev–Trinajstić information content (AvgIpc) is 3.05. The predicted octanol–water partition coefficient (Wildman–Crippen LogP) is 2.70. The summed E-state index contributed by atoms with van der Waals surface area (Å²) in [5.41, 5.74) is 1.75. The molecule has 0 aliphatic heterocycles. The Kier molecular flexibility index (Phi) is 5.51. The number of esters is 1. The molecule has 0 fully saturated rings. The second-order valence-corrected chi connectivity index (χ2v) is 4.97. The Morgan fingerprint density at radius 2 is 2.38 bits per heavy atom. The first-order valence-electron chi connectivity index (χ1n) is 6.55. The number of carbonyl (C=O) groups is 1. The Balaban J connectivity index is 1.98. The van der Waals surface area contributed by atoms with Crippen molar-refractivity contribution in [2.45, 2.75) is 6.92 Å². The van der Waals surface area contributed by atoms with Crippen LogP contribution in [0.25, 0.3) is 11.8 Å². The Hall–Kier alpha value is -2.14. The van der Waals surface area contributed by atoms with Crippen LogP contribution in [0.2, 0.25) is 0 Å². The summed E-state index contributed by atoms with van der Waals surface area (Å²) >= 11 is 5.65. The standard InChI is InChI=1S/C15H16ClN3O2/c1-12(8-16)9-21-15(20)6-5-13-3-2-4-14(7-13)19-11-17-10-18-19/h2-7,10-12H,8-9H2,1H3/b6-5+. The molecule has 0 saturated carbocycles. The number of benzene rings is 1. The highest BCUT2D eigenvalue weighted by atomic mass is 35.5. The van der Waals surface area contributed by atoms with Gasteiger partial charge in [0.05, 0.1) is 12.3 Å². The summed E-state index contributed by atoms with van der Waals surface area (Å²) in [6, 6.07) is 7.59. The van der Waals surface area contributed by atoms with Crippen LogP contribution in [-0.4, -0.2) is 33.2 Å². The third kappa shape index (κ3) is 4.72. The summed E-state index contributed by atoms with van der Waals surface area (Å²) in [6.07, 6.45) is 6.19. The largest absolute Gasteiger partial charge is 0.462 e. The number of halogens is 1. The molecule has 0 N–H and O–H groups in total. The van der Waals surface area contributed by atoms with E-state index in [0.717, 1.165) is 11.3 Å². The smallest absolute Gasteiger partial charge is 0.330 e. The Morgan fingerprint density at radius 1 is 1.52 bits per heavy atom. The zero-order chi connectivity index (χ0) is 15.1. The molecule has 0 aliphatic carbocycles. The van der Waals surface area contributed by atoms with E-state index in [2.05, 4.69) is 10.1 Å². The summed E-state index contributed by atoms with van der Waals surface area (Å²) in [7, 11) is 0. The van der Waals surface area contributed by atoms with Crippen LogP contribution in [0.5, 0.6) is 0 Å². The van der Waals surface area contributed by atoms with Crippen molar-refractivity contribution < 1.29 is 9.53 Å². The maximum Gasteiger partial charge on any atom is 0.330 e. The topological polar surface area (TPSA) is 57.0 Å². The summed E-state index contributed by atoms with van der Waals surface area (Å²) in [5, 5.41) is 4.06. The van der Waals surface area contributed by atoms with Crippen LogP contribution in [0.15, 0.2) is 43.0 Å². The van der Waals surface area contributed by atoms with Crippen molar-refractivity contribution in [2.75, 3.05) is 12.5 Å². The molecule has 1 heterocycles. The normalized spacial score (nSPS) is 12.5. The molecule has 0 radical (unpaired) electrons. The van der Waals surface area contributed by atoms with Crippen molar-refractivity contribution in [2.24, 2.45) is 5.92 Å². The van der Waals surface area contributed by atoms with Crippen LogP contribution in [-0.2, 0) is 9.53 Å². The number of nitrogens with zero attached hydrogens (tertiary/aromatic N) is 3. The van der Waals surface area contributed by atoms with Crippen LogP contribution in [0.3, 0.4) is 0 Å². The molecule has 0 bridgehead atoms. The van der Waals surface area contributed by atoms with Gasteiger partial charge in [0.15, 0.2) is 0 Å². The molecule has 5 nitrogen and oxygen atoms in total. The summed E-state index contributed by atoms with van der Waals surface area (Å²) in [6.45, 7) is 2.25. The summed E-state index contributed by atoms with van der Waals surface area (Å²) in [5.74, 6) is 0.245. The van der Waals surface area contributed by atoms with Crippen molar-refractivity contribution in [3.8, 4) is 5.69 Å². The summed E-state index contributed by atoms with van der Waals surface area (Å²) < 4.78 is 6.73.